The maximum Gasteiger partial charge on any atom is 0.380 e. The van der Waals surface area contributed by atoms with Gasteiger partial charge in [-0.05, 0) is 91.4 Å². The van der Waals surface area contributed by atoms with E-state index in [0.29, 0.717) is 29.4 Å². The molecule has 0 radical (unpaired) electrons. The zero-order valence-corrected chi connectivity index (χ0v) is 19.1. The molecular weight excluding hydrogens is 400 g/mol. The molecule has 3 aliphatic carbocycles. The Bertz CT molecular complexity index is 931. The molecule has 2 N–H and O–H groups in total. The van der Waals surface area contributed by atoms with E-state index in [1.54, 1.807) is 6.07 Å². The minimum absolute atomic E-state index is 0.0917. The van der Waals surface area contributed by atoms with Crippen LogP contribution < -0.4 is 9.32 Å². The summed E-state index contributed by atoms with van der Waals surface area (Å²) in [6.07, 6.45) is 7.29. The summed E-state index contributed by atoms with van der Waals surface area (Å²) in [5.41, 5.74) is 2.59. The van der Waals surface area contributed by atoms with E-state index < -0.39 is 10.3 Å². The van der Waals surface area contributed by atoms with Gasteiger partial charge in [-0.2, -0.15) is 13.6 Å². The van der Waals surface area contributed by atoms with Crippen LogP contribution in [0.1, 0.15) is 69.4 Å². The van der Waals surface area contributed by atoms with Crippen LogP contribution in [-0.4, -0.2) is 32.8 Å². The topological polar surface area (TPSA) is 89.7 Å². The number of hydrogen-bond donors (Lipinski definition) is 1. The van der Waals surface area contributed by atoms with Gasteiger partial charge in [0, 0.05) is 19.5 Å². The monoisotopic (exact) mass is 434 g/mol. The Balaban J connectivity index is 1.56. The van der Waals surface area contributed by atoms with E-state index in [1.165, 1.54) is 11.1 Å². The molecule has 3 unspecified atom stereocenters. The van der Waals surface area contributed by atoms with Crippen molar-refractivity contribution < 1.29 is 17.4 Å². The molecule has 6 nitrogen and oxygen atoms in total. The number of aryl methyl sites for hydroxylation is 1. The van der Waals surface area contributed by atoms with Crippen molar-refractivity contribution in [2.45, 2.75) is 64.7 Å². The van der Waals surface area contributed by atoms with Crippen molar-refractivity contribution in [3.05, 3.63) is 29.3 Å². The Morgan fingerprint density at radius 3 is 2.73 bits per heavy atom. The van der Waals surface area contributed by atoms with Crippen molar-refractivity contribution >= 4 is 16.2 Å². The van der Waals surface area contributed by atoms with Crippen LogP contribution in [0.25, 0.3) is 0 Å². The van der Waals surface area contributed by atoms with Crippen molar-refractivity contribution in [2.24, 2.45) is 28.3 Å². The highest BCUT2D eigenvalue weighted by Gasteiger charge is 2.56. The SMILES string of the molecule is CCCN(C)C(=O)[C@H]1CCC2C3CCc4cc(OS(N)(=O)=O)ccc4C3CC[C@@]21C. The Hall–Kier alpha value is -1.60. The molecule has 0 bridgehead atoms. The number of hydrogen-bond acceptors (Lipinski definition) is 4. The van der Waals surface area contributed by atoms with E-state index in [1.807, 2.05) is 24.1 Å². The fourth-order valence-corrected chi connectivity index (χ4v) is 7.23. The van der Waals surface area contributed by atoms with Gasteiger partial charge in [0.2, 0.25) is 5.91 Å². The fourth-order valence-electron chi connectivity index (χ4n) is 6.86. The molecule has 1 aromatic rings. The number of fused-ring (bicyclic) bond motifs is 5. The van der Waals surface area contributed by atoms with Crippen molar-refractivity contribution in [1.82, 2.24) is 4.90 Å². The van der Waals surface area contributed by atoms with Crippen LogP contribution in [0.3, 0.4) is 0 Å². The molecular formula is C23H34N2O4S. The first kappa shape index (κ1) is 21.6. The predicted octanol–water partition coefficient (Wildman–Crippen LogP) is 3.61. The van der Waals surface area contributed by atoms with Crippen molar-refractivity contribution in [1.29, 1.82) is 0 Å². The summed E-state index contributed by atoms with van der Waals surface area (Å²) in [5, 5.41) is 5.02. The number of benzene rings is 1. The van der Waals surface area contributed by atoms with Crippen LogP contribution in [0.15, 0.2) is 18.2 Å². The first-order valence-electron chi connectivity index (χ1n) is 11.2. The van der Waals surface area contributed by atoms with E-state index in [9.17, 15) is 13.2 Å². The Morgan fingerprint density at radius 2 is 2.03 bits per heavy atom. The van der Waals surface area contributed by atoms with Crippen molar-refractivity contribution in [2.75, 3.05) is 13.6 Å². The smallest absolute Gasteiger partial charge is 0.371 e. The number of amides is 1. The van der Waals surface area contributed by atoms with Gasteiger partial charge in [-0.3, -0.25) is 4.79 Å². The molecule has 0 aliphatic heterocycles. The summed E-state index contributed by atoms with van der Waals surface area (Å²) in [6.45, 7) is 5.31. The van der Waals surface area contributed by atoms with Crippen molar-refractivity contribution in [3.63, 3.8) is 0 Å². The normalized spacial score (nSPS) is 32.7. The van der Waals surface area contributed by atoms with Gasteiger partial charge < -0.3 is 9.08 Å². The van der Waals surface area contributed by atoms with Gasteiger partial charge >= 0.3 is 10.3 Å². The van der Waals surface area contributed by atoms with E-state index in [-0.39, 0.29) is 11.3 Å². The third kappa shape index (κ3) is 3.75. The second-order valence-corrected chi connectivity index (χ2v) is 10.9. The van der Waals surface area contributed by atoms with Gasteiger partial charge in [-0.15, -0.1) is 0 Å². The molecule has 1 amide bonds. The van der Waals surface area contributed by atoms with Crippen LogP contribution in [0.5, 0.6) is 5.75 Å². The maximum atomic E-state index is 13.2. The second kappa shape index (κ2) is 7.83. The third-order valence-electron chi connectivity index (χ3n) is 8.14. The molecule has 3 aliphatic rings. The van der Waals surface area contributed by atoms with E-state index in [4.69, 9.17) is 9.32 Å². The Morgan fingerprint density at radius 1 is 1.27 bits per heavy atom. The number of carbonyl (C=O) groups is 1. The molecule has 166 valence electrons. The molecule has 7 heteroatoms. The summed E-state index contributed by atoms with van der Waals surface area (Å²) in [4.78, 5) is 15.1. The zero-order valence-electron chi connectivity index (χ0n) is 18.3. The summed E-state index contributed by atoms with van der Waals surface area (Å²) in [5.74, 6) is 2.43. The molecule has 0 spiro atoms. The summed E-state index contributed by atoms with van der Waals surface area (Å²) >= 11 is 0. The lowest BCUT2D eigenvalue weighted by atomic mass is 9.54. The van der Waals surface area contributed by atoms with Gasteiger partial charge in [-0.25, -0.2) is 0 Å². The minimum Gasteiger partial charge on any atom is -0.371 e. The lowest BCUT2D eigenvalue weighted by molar-refractivity contribution is -0.139. The molecule has 0 saturated heterocycles. The first-order chi connectivity index (χ1) is 14.1. The van der Waals surface area contributed by atoms with E-state index >= 15 is 0 Å². The zero-order chi connectivity index (χ0) is 21.7. The maximum absolute atomic E-state index is 13.2. The molecule has 0 aromatic heterocycles. The van der Waals surface area contributed by atoms with Gasteiger partial charge in [0.05, 0.1) is 0 Å². The van der Waals surface area contributed by atoms with Crippen LogP contribution in [0, 0.1) is 23.2 Å². The highest BCUT2D eigenvalue weighted by atomic mass is 32.2. The quantitative estimate of drug-likeness (QED) is 0.767. The summed E-state index contributed by atoms with van der Waals surface area (Å²) in [6, 6.07) is 5.59. The number of rotatable bonds is 5. The highest BCUT2D eigenvalue weighted by Crippen LogP contribution is 2.63. The molecule has 30 heavy (non-hydrogen) atoms. The van der Waals surface area contributed by atoms with E-state index in [0.717, 1.165) is 51.5 Å². The average Bonchev–Trinajstić information content (AvgIpc) is 3.03. The third-order valence-corrected chi connectivity index (χ3v) is 8.57. The largest absolute Gasteiger partial charge is 0.380 e. The number of nitrogens with zero attached hydrogens (tertiary/aromatic N) is 1. The lowest BCUT2D eigenvalue weighted by Gasteiger charge is -2.51. The minimum atomic E-state index is -4.01. The van der Waals surface area contributed by atoms with Crippen molar-refractivity contribution in [3.8, 4) is 5.75 Å². The summed E-state index contributed by atoms with van der Waals surface area (Å²) in [7, 11) is -2.06. The average molecular weight is 435 g/mol. The molecule has 2 fully saturated rings. The molecule has 5 atom stereocenters. The van der Waals surface area contributed by atoms with Crippen LogP contribution in [0.4, 0.5) is 0 Å². The fraction of sp³-hybridized carbons (Fsp3) is 0.696. The number of carbonyl (C=O) groups excluding carboxylic acids is 1. The van der Waals surface area contributed by atoms with Crippen LogP contribution in [-0.2, 0) is 21.5 Å². The second-order valence-electron chi connectivity index (χ2n) is 9.79. The van der Waals surface area contributed by atoms with Gasteiger partial charge in [0.1, 0.15) is 5.75 Å². The van der Waals surface area contributed by atoms with E-state index in [2.05, 4.69) is 13.8 Å². The van der Waals surface area contributed by atoms with Crippen LogP contribution >= 0.6 is 0 Å². The predicted molar refractivity (Wildman–Crippen MR) is 116 cm³/mol. The molecule has 2 saturated carbocycles. The van der Waals surface area contributed by atoms with Gasteiger partial charge in [-0.1, -0.05) is 19.9 Å². The van der Waals surface area contributed by atoms with Gasteiger partial charge in [0.15, 0.2) is 0 Å². The van der Waals surface area contributed by atoms with Gasteiger partial charge in [0.25, 0.3) is 0 Å². The standard InChI is InChI=1S/C23H34N2O4S/c1-4-13-25(3)22(26)21-10-9-20-19-7-5-15-14-16(29-30(24,27)28)6-8-17(15)18(19)11-12-23(20,21)2/h6,8,14,18-21H,4-5,7,9-13H2,1-3H3,(H2,24,27,28)/t18?,19?,20?,21-,23+/m1/s1. The Labute approximate surface area is 180 Å². The lowest BCUT2D eigenvalue weighted by Crippen LogP contribution is -2.46. The highest BCUT2D eigenvalue weighted by molar-refractivity contribution is 7.84. The summed E-state index contributed by atoms with van der Waals surface area (Å²) < 4.78 is 27.4. The van der Waals surface area contributed by atoms with Crippen LogP contribution in [0.2, 0.25) is 0 Å². The Kier molecular flexibility index (Phi) is 5.64. The molecule has 0 heterocycles. The number of nitrogens with two attached hydrogens (primary N) is 1. The first-order valence-corrected chi connectivity index (χ1v) is 12.7. The molecule has 1 aromatic carbocycles. The molecule has 4 rings (SSSR count).